The molecule has 122 valence electrons. The van der Waals surface area contributed by atoms with Gasteiger partial charge in [-0.05, 0) is 49.9 Å². The molecular formula is C20H25FN2. The topological polar surface area (TPSA) is 29.3 Å². The summed E-state index contributed by atoms with van der Waals surface area (Å²) < 4.78 is 14.1. The Bertz CT molecular complexity index is 606. The number of rotatable bonds is 5. The van der Waals surface area contributed by atoms with Gasteiger partial charge in [0.05, 0.1) is 0 Å². The zero-order chi connectivity index (χ0) is 16.1. The Kier molecular flexibility index (Phi) is 5.42. The summed E-state index contributed by atoms with van der Waals surface area (Å²) in [5, 5.41) is 0. The fourth-order valence-corrected chi connectivity index (χ4v) is 3.63. The summed E-state index contributed by atoms with van der Waals surface area (Å²) in [5.74, 6) is 0.571. The van der Waals surface area contributed by atoms with Crippen LogP contribution in [0.3, 0.4) is 0 Å². The van der Waals surface area contributed by atoms with E-state index >= 15 is 0 Å². The van der Waals surface area contributed by atoms with Gasteiger partial charge in [-0.2, -0.15) is 0 Å². The van der Waals surface area contributed by atoms with Crippen LogP contribution in [0.15, 0.2) is 54.6 Å². The average molecular weight is 312 g/mol. The number of hydrogen-bond donors (Lipinski definition) is 1. The molecule has 0 saturated carbocycles. The van der Waals surface area contributed by atoms with E-state index in [-0.39, 0.29) is 11.9 Å². The van der Waals surface area contributed by atoms with Crippen molar-refractivity contribution < 1.29 is 4.39 Å². The molecule has 23 heavy (non-hydrogen) atoms. The lowest BCUT2D eigenvalue weighted by atomic mass is 9.89. The van der Waals surface area contributed by atoms with Gasteiger partial charge in [-0.25, -0.2) is 4.39 Å². The largest absolute Gasteiger partial charge is 0.329 e. The Hall–Kier alpha value is -1.71. The predicted molar refractivity (Wildman–Crippen MR) is 92.6 cm³/mol. The van der Waals surface area contributed by atoms with E-state index < -0.39 is 0 Å². The van der Waals surface area contributed by atoms with E-state index in [9.17, 15) is 4.39 Å². The number of piperidine rings is 1. The van der Waals surface area contributed by atoms with Crippen LogP contribution in [0.25, 0.3) is 0 Å². The van der Waals surface area contributed by atoms with E-state index in [1.807, 2.05) is 12.1 Å². The van der Waals surface area contributed by atoms with Crippen LogP contribution in [0, 0.1) is 11.7 Å². The lowest BCUT2D eigenvalue weighted by Gasteiger charge is -2.37. The van der Waals surface area contributed by atoms with E-state index in [2.05, 4.69) is 35.2 Å². The monoisotopic (exact) mass is 312 g/mol. The molecule has 3 heteroatoms. The molecule has 2 nitrogen and oxygen atoms in total. The maximum absolute atomic E-state index is 14.1. The first kappa shape index (κ1) is 16.2. The summed E-state index contributed by atoms with van der Waals surface area (Å²) in [4.78, 5) is 2.35. The smallest absolute Gasteiger partial charge is 0.128 e. The van der Waals surface area contributed by atoms with Crippen LogP contribution in [0.1, 0.15) is 30.0 Å². The number of nitrogens with two attached hydrogens (primary N) is 1. The molecule has 2 aromatic carbocycles. The third kappa shape index (κ3) is 3.98. The second-order valence-electron chi connectivity index (χ2n) is 6.44. The first-order valence-electron chi connectivity index (χ1n) is 8.50. The van der Waals surface area contributed by atoms with Gasteiger partial charge in [-0.15, -0.1) is 0 Å². The fourth-order valence-electron chi connectivity index (χ4n) is 3.63. The van der Waals surface area contributed by atoms with Gasteiger partial charge in [0.15, 0.2) is 0 Å². The molecule has 0 spiro atoms. The molecule has 0 aromatic heterocycles. The van der Waals surface area contributed by atoms with Crippen molar-refractivity contribution in [3.63, 3.8) is 0 Å². The maximum atomic E-state index is 14.1. The molecule has 0 radical (unpaired) electrons. The zero-order valence-electron chi connectivity index (χ0n) is 13.5. The molecule has 3 rings (SSSR count). The van der Waals surface area contributed by atoms with E-state index in [4.69, 9.17) is 5.73 Å². The molecule has 1 saturated heterocycles. The highest BCUT2D eigenvalue weighted by Crippen LogP contribution is 2.29. The Morgan fingerprint density at radius 2 is 1.65 bits per heavy atom. The third-order valence-electron chi connectivity index (χ3n) is 4.94. The van der Waals surface area contributed by atoms with Crippen molar-refractivity contribution in [3.05, 3.63) is 71.5 Å². The van der Waals surface area contributed by atoms with Gasteiger partial charge in [-0.1, -0.05) is 48.5 Å². The first-order valence-corrected chi connectivity index (χ1v) is 8.50. The lowest BCUT2D eigenvalue weighted by Crippen LogP contribution is -2.40. The number of likely N-dealkylation sites (tertiary alicyclic amines) is 1. The van der Waals surface area contributed by atoms with E-state index in [1.165, 1.54) is 11.6 Å². The molecule has 2 N–H and O–H groups in total. The minimum Gasteiger partial charge on any atom is -0.329 e. The summed E-state index contributed by atoms with van der Waals surface area (Å²) in [6.45, 7) is 2.45. The number of benzene rings is 2. The van der Waals surface area contributed by atoms with Crippen molar-refractivity contribution in [3.8, 4) is 0 Å². The van der Waals surface area contributed by atoms with E-state index in [1.54, 1.807) is 6.07 Å². The standard InChI is InChI=1S/C20H25FN2/c21-19-9-5-4-8-18(19)20(15-22)23-12-10-17(11-13-23)14-16-6-2-1-3-7-16/h1-9,17,20H,10-15,22H2/t20-/m0/s1. The van der Waals surface area contributed by atoms with Crippen LogP contribution in [0.2, 0.25) is 0 Å². The highest BCUT2D eigenvalue weighted by atomic mass is 19.1. The van der Waals surface area contributed by atoms with Crippen LogP contribution in [-0.2, 0) is 6.42 Å². The van der Waals surface area contributed by atoms with Crippen LogP contribution in [0.4, 0.5) is 4.39 Å². The summed E-state index contributed by atoms with van der Waals surface area (Å²) >= 11 is 0. The average Bonchev–Trinajstić information content (AvgIpc) is 2.59. The predicted octanol–water partition coefficient (Wildman–Crippen LogP) is 3.78. The Morgan fingerprint density at radius 1 is 1.00 bits per heavy atom. The highest BCUT2D eigenvalue weighted by molar-refractivity contribution is 5.22. The van der Waals surface area contributed by atoms with E-state index in [0.717, 1.165) is 37.9 Å². The first-order chi connectivity index (χ1) is 11.3. The van der Waals surface area contributed by atoms with Gasteiger partial charge in [-0.3, -0.25) is 4.90 Å². The van der Waals surface area contributed by atoms with Crippen LogP contribution < -0.4 is 5.73 Å². The highest BCUT2D eigenvalue weighted by Gasteiger charge is 2.26. The minimum atomic E-state index is -0.144. The van der Waals surface area contributed by atoms with Gasteiger partial charge in [0.1, 0.15) is 5.82 Å². The lowest BCUT2D eigenvalue weighted by molar-refractivity contribution is 0.133. The number of halogens is 1. The van der Waals surface area contributed by atoms with Crippen molar-refractivity contribution in [2.75, 3.05) is 19.6 Å². The van der Waals surface area contributed by atoms with Crippen molar-refractivity contribution in [2.45, 2.75) is 25.3 Å². The molecule has 1 atom stereocenters. The second-order valence-corrected chi connectivity index (χ2v) is 6.44. The molecule has 1 aliphatic heterocycles. The normalized spacial score (nSPS) is 18.0. The molecule has 0 bridgehead atoms. The second kappa shape index (κ2) is 7.71. The molecule has 0 amide bonds. The molecule has 0 aliphatic carbocycles. The number of nitrogens with zero attached hydrogens (tertiary/aromatic N) is 1. The molecule has 1 heterocycles. The molecule has 1 fully saturated rings. The Morgan fingerprint density at radius 3 is 2.30 bits per heavy atom. The molecule has 2 aromatic rings. The summed E-state index contributed by atoms with van der Waals surface area (Å²) in [5.41, 5.74) is 8.10. The van der Waals surface area contributed by atoms with Crippen molar-refractivity contribution in [1.82, 2.24) is 4.90 Å². The Balaban J connectivity index is 1.60. The maximum Gasteiger partial charge on any atom is 0.128 e. The molecule has 0 unspecified atom stereocenters. The minimum absolute atomic E-state index is 0.00567. The van der Waals surface area contributed by atoms with Crippen molar-refractivity contribution in [1.29, 1.82) is 0 Å². The third-order valence-corrected chi connectivity index (χ3v) is 4.94. The summed E-state index contributed by atoms with van der Waals surface area (Å²) in [7, 11) is 0. The van der Waals surface area contributed by atoms with Crippen LogP contribution >= 0.6 is 0 Å². The molecular weight excluding hydrogens is 287 g/mol. The van der Waals surface area contributed by atoms with Crippen molar-refractivity contribution in [2.24, 2.45) is 11.7 Å². The van der Waals surface area contributed by atoms with Gasteiger partial charge in [0, 0.05) is 18.2 Å². The summed E-state index contributed by atoms with van der Waals surface area (Å²) in [6, 6.07) is 17.7. The zero-order valence-corrected chi connectivity index (χ0v) is 13.5. The molecule has 1 aliphatic rings. The van der Waals surface area contributed by atoms with Gasteiger partial charge < -0.3 is 5.73 Å². The Labute approximate surface area is 138 Å². The van der Waals surface area contributed by atoms with Gasteiger partial charge in [0.25, 0.3) is 0 Å². The fraction of sp³-hybridized carbons (Fsp3) is 0.400. The SMILES string of the molecule is NC[C@@H](c1ccccc1F)N1CCC(Cc2ccccc2)CC1. The van der Waals surface area contributed by atoms with Gasteiger partial charge in [0.2, 0.25) is 0 Å². The van der Waals surface area contributed by atoms with Crippen molar-refractivity contribution >= 4 is 0 Å². The quantitative estimate of drug-likeness (QED) is 0.910. The van der Waals surface area contributed by atoms with Gasteiger partial charge >= 0.3 is 0 Å². The van der Waals surface area contributed by atoms with Crippen LogP contribution in [-0.4, -0.2) is 24.5 Å². The van der Waals surface area contributed by atoms with Crippen LogP contribution in [0.5, 0.6) is 0 Å². The summed E-state index contributed by atoms with van der Waals surface area (Å²) in [6.07, 6.45) is 3.45. The van der Waals surface area contributed by atoms with E-state index in [0.29, 0.717) is 12.5 Å². The number of hydrogen-bond acceptors (Lipinski definition) is 2.